The van der Waals surface area contributed by atoms with Crippen LogP contribution in [0, 0.1) is 11.3 Å². The Hall–Kier alpha value is -3.56. The average Bonchev–Trinajstić information content (AvgIpc) is 3.21. The maximum Gasteiger partial charge on any atom is 0.261 e. The number of carbonyl (C=O) groups is 1. The van der Waals surface area contributed by atoms with Crippen LogP contribution in [-0.4, -0.2) is 43.7 Å². The van der Waals surface area contributed by atoms with E-state index in [1.807, 2.05) is 54.7 Å². The molecule has 3 aromatic rings. The minimum absolute atomic E-state index is 0.105. The van der Waals surface area contributed by atoms with Gasteiger partial charge in [0.15, 0.2) is 0 Å². The molecule has 4 rings (SSSR count). The Morgan fingerprint density at radius 2 is 1.93 bits per heavy atom. The Balaban J connectivity index is 1.36. The van der Waals surface area contributed by atoms with Gasteiger partial charge in [0.1, 0.15) is 11.6 Å². The number of ether oxygens (including phenoxy) is 1. The maximum atomic E-state index is 12.5. The number of fused-ring (bicyclic) bond motifs is 1. The molecule has 1 aliphatic heterocycles. The van der Waals surface area contributed by atoms with Gasteiger partial charge in [-0.2, -0.15) is 5.26 Å². The van der Waals surface area contributed by atoms with Crippen LogP contribution in [0.3, 0.4) is 0 Å². The van der Waals surface area contributed by atoms with E-state index in [-0.39, 0.29) is 11.5 Å². The number of aromatic amines is 1. The largest absolute Gasteiger partial charge is 0.378 e. The maximum absolute atomic E-state index is 12.5. The summed E-state index contributed by atoms with van der Waals surface area (Å²) in [6.07, 6.45) is 4.29. The highest BCUT2D eigenvalue weighted by Gasteiger charge is 2.12. The minimum atomic E-state index is -0.352. The van der Waals surface area contributed by atoms with Gasteiger partial charge in [0.25, 0.3) is 5.91 Å². The molecule has 0 radical (unpaired) electrons. The number of nitriles is 1. The van der Waals surface area contributed by atoms with Gasteiger partial charge in [-0.05, 0) is 41.8 Å². The van der Waals surface area contributed by atoms with E-state index in [1.54, 1.807) is 6.08 Å². The van der Waals surface area contributed by atoms with Crippen LogP contribution in [0.25, 0.3) is 17.0 Å². The number of para-hydroxylation sites is 1. The van der Waals surface area contributed by atoms with Gasteiger partial charge in [0.2, 0.25) is 0 Å². The molecule has 30 heavy (non-hydrogen) atoms. The van der Waals surface area contributed by atoms with Crippen molar-refractivity contribution in [3.05, 3.63) is 71.4 Å². The van der Waals surface area contributed by atoms with Gasteiger partial charge in [0, 0.05) is 42.4 Å². The number of aromatic nitrogens is 1. The highest BCUT2D eigenvalue weighted by molar-refractivity contribution is 6.01. The number of hydrogen-bond acceptors (Lipinski definition) is 4. The lowest BCUT2D eigenvalue weighted by molar-refractivity contribution is -0.117. The predicted molar refractivity (Wildman–Crippen MR) is 118 cm³/mol. The molecule has 2 heterocycles. The van der Waals surface area contributed by atoms with Crippen molar-refractivity contribution < 1.29 is 9.53 Å². The van der Waals surface area contributed by atoms with Crippen LogP contribution in [0.1, 0.15) is 11.1 Å². The number of morpholine rings is 1. The number of nitrogens with one attached hydrogen (secondary N) is 2. The van der Waals surface area contributed by atoms with Crippen LogP contribution in [0.2, 0.25) is 0 Å². The molecule has 1 amide bonds. The number of H-pyrrole nitrogens is 1. The summed E-state index contributed by atoms with van der Waals surface area (Å²) in [5, 5.41) is 13.4. The van der Waals surface area contributed by atoms with Gasteiger partial charge in [-0.1, -0.05) is 30.3 Å². The third-order valence-electron chi connectivity index (χ3n) is 5.30. The minimum Gasteiger partial charge on any atom is -0.378 e. The zero-order chi connectivity index (χ0) is 20.8. The summed E-state index contributed by atoms with van der Waals surface area (Å²) in [6.45, 7) is 3.68. The third kappa shape index (κ3) is 4.53. The van der Waals surface area contributed by atoms with E-state index in [1.165, 1.54) is 0 Å². The Kier molecular flexibility index (Phi) is 6.11. The van der Waals surface area contributed by atoms with Crippen molar-refractivity contribution in [2.45, 2.75) is 6.42 Å². The highest BCUT2D eigenvalue weighted by Crippen LogP contribution is 2.19. The molecule has 0 aliphatic carbocycles. The monoisotopic (exact) mass is 400 g/mol. The summed E-state index contributed by atoms with van der Waals surface area (Å²) in [4.78, 5) is 18.0. The van der Waals surface area contributed by atoms with Crippen molar-refractivity contribution in [3.8, 4) is 6.07 Å². The summed E-state index contributed by atoms with van der Waals surface area (Å²) in [7, 11) is 0. The molecule has 2 aromatic carbocycles. The van der Waals surface area contributed by atoms with Crippen LogP contribution >= 0.6 is 0 Å². The van der Waals surface area contributed by atoms with Crippen molar-refractivity contribution in [1.29, 1.82) is 5.26 Å². The molecule has 1 aromatic heterocycles. The van der Waals surface area contributed by atoms with Gasteiger partial charge < -0.3 is 19.9 Å². The Bertz CT molecular complexity index is 1090. The SMILES string of the molecule is N#CC(=Cc1ccc(N2CCOCC2)cc1)C(=O)NCCc1c[nH]c2ccccc12. The van der Waals surface area contributed by atoms with Gasteiger partial charge >= 0.3 is 0 Å². The molecule has 1 fully saturated rings. The molecule has 0 bridgehead atoms. The van der Waals surface area contributed by atoms with Gasteiger partial charge in [0.05, 0.1) is 13.2 Å². The molecule has 1 saturated heterocycles. The van der Waals surface area contributed by atoms with E-state index >= 15 is 0 Å². The van der Waals surface area contributed by atoms with Gasteiger partial charge in [-0.15, -0.1) is 0 Å². The van der Waals surface area contributed by atoms with Crippen molar-refractivity contribution in [2.75, 3.05) is 37.7 Å². The zero-order valence-corrected chi connectivity index (χ0v) is 16.7. The predicted octanol–water partition coefficient (Wildman–Crippen LogP) is 3.27. The lowest BCUT2D eigenvalue weighted by atomic mass is 10.1. The number of carbonyl (C=O) groups excluding carboxylic acids is 1. The summed E-state index contributed by atoms with van der Waals surface area (Å²) in [6, 6.07) is 18.0. The lowest BCUT2D eigenvalue weighted by Crippen LogP contribution is -2.36. The first-order valence-corrected chi connectivity index (χ1v) is 10.1. The van der Waals surface area contributed by atoms with Crippen molar-refractivity contribution >= 4 is 28.6 Å². The second-order valence-corrected chi connectivity index (χ2v) is 7.23. The molecule has 0 atom stereocenters. The summed E-state index contributed by atoms with van der Waals surface area (Å²) in [5.74, 6) is -0.352. The fraction of sp³-hybridized carbons (Fsp3) is 0.250. The van der Waals surface area contributed by atoms with E-state index < -0.39 is 0 Å². The van der Waals surface area contributed by atoms with Crippen LogP contribution in [0.15, 0.2) is 60.3 Å². The van der Waals surface area contributed by atoms with Crippen LogP contribution in [0.4, 0.5) is 5.69 Å². The Morgan fingerprint density at radius 3 is 2.70 bits per heavy atom. The number of amides is 1. The molecule has 0 spiro atoms. The van der Waals surface area contributed by atoms with E-state index in [0.717, 1.165) is 54.0 Å². The van der Waals surface area contributed by atoms with E-state index in [2.05, 4.69) is 21.3 Å². The molecule has 152 valence electrons. The quantitative estimate of drug-likeness (QED) is 0.492. The molecular weight excluding hydrogens is 376 g/mol. The van der Waals surface area contributed by atoms with Crippen LogP contribution in [-0.2, 0) is 16.0 Å². The highest BCUT2D eigenvalue weighted by atomic mass is 16.5. The molecule has 6 heteroatoms. The molecule has 0 saturated carbocycles. The summed E-state index contributed by atoms with van der Waals surface area (Å²) < 4.78 is 5.38. The van der Waals surface area contributed by atoms with Gasteiger partial charge in [-0.25, -0.2) is 0 Å². The number of rotatable bonds is 6. The second-order valence-electron chi connectivity index (χ2n) is 7.23. The van der Waals surface area contributed by atoms with E-state index in [4.69, 9.17) is 4.74 Å². The zero-order valence-electron chi connectivity index (χ0n) is 16.7. The summed E-state index contributed by atoms with van der Waals surface area (Å²) in [5.41, 5.74) is 4.28. The number of nitrogens with zero attached hydrogens (tertiary/aromatic N) is 2. The summed E-state index contributed by atoms with van der Waals surface area (Å²) >= 11 is 0. The standard InChI is InChI=1S/C24H24N4O2/c25-16-20(15-18-5-7-21(8-6-18)28-11-13-30-14-12-28)24(29)26-10-9-19-17-27-23-4-2-1-3-22(19)23/h1-8,15,17,27H,9-14H2,(H,26,29). The fourth-order valence-corrected chi connectivity index (χ4v) is 3.66. The lowest BCUT2D eigenvalue weighted by Gasteiger charge is -2.28. The first-order valence-electron chi connectivity index (χ1n) is 10.1. The topological polar surface area (TPSA) is 81.2 Å². The number of hydrogen-bond donors (Lipinski definition) is 2. The third-order valence-corrected chi connectivity index (χ3v) is 5.30. The Labute approximate surface area is 175 Å². The molecule has 2 N–H and O–H groups in total. The van der Waals surface area contributed by atoms with Crippen LogP contribution < -0.4 is 10.2 Å². The molecule has 6 nitrogen and oxygen atoms in total. The van der Waals surface area contributed by atoms with E-state index in [9.17, 15) is 10.1 Å². The number of benzene rings is 2. The molecular formula is C24H24N4O2. The normalized spacial score (nSPS) is 14.5. The van der Waals surface area contributed by atoms with Crippen molar-refractivity contribution in [3.63, 3.8) is 0 Å². The Morgan fingerprint density at radius 1 is 1.17 bits per heavy atom. The first kappa shape index (κ1) is 19.7. The number of anilines is 1. The van der Waals surface area contributed by atoms with Crippen molar-refractivity contribution in [2.24, 2.45) is 0 Å². The average molecular weight is 400 g/mol. The van der Waals surface area contributed by atoms with Crippen molar-refractivity contribution in [1.82, 2.24) is 10.3 Å². The molecule has 0 unspecified atom stereocenters. The fourth-order valence-electron chi connectivity index (χ4n) is 3.66. The smallest absolute Gasteiger partial charge is 0.261 e. The second kappa shape index (κ2) is 9.29. The first-order chi connectivity index (χ1) is 14.7. The van der Waals surface area contributed by atoms with Gasteiger partial charge in [-0.3, -0.25) is 4.79 Å². The van der Waals surface area contributed by atoms with E-state index in [0.29, 0.717) is 13.0 Å². The van der Waals surface area contributed by atoms with Crippen LogP contribution in [0.5, 0.6) is 0 Å². The molecule has 1 aliphatic rings.